The molecule has 1 saturated heterocycles. The second-order valence-electron chi connectivity index (χ2n) is 5.64. The highest BCUT2D eigenvalue weighted by molar-refractivity contribution is 5.91. The van der Waals surface area contributed by atoms with Crippen molar-refractivity contribution in [3.63, 3.8) is 0 Å². The Kier molecular flexibility index (Phi) is 3.79. The molecule has 1 fully saturated rings. The first-order valence-corrected chi connectivity index (χ1v) is 7.30. The van der Waals surface area contributed by atoms with Crippen molar-refractivity contribution < 1.29 is 19.1 Å². The van der Waals surface area contributed by atoms with Crippen molar-refractivity contribution in [3.8, 4) is 11.5 Å². The smallest absolute Gasteiger partial charge is 0.321 e. The Hall–Kier alpha value is -2.44. The molecule has 0 spiro atoms. The summed E-state index contributed by atoms with van der Waals surface area (Å²) in [5, 5.41) is 2.87. The number of benzene rings is 1. The van der Waals surface area contributed by atoms with E-state index in [1.807, 2.05) is 13.0 Å². The number of nitrogens with two attached hydrogens (primary N) is 1. The highest BCUT2D eigenvalue weighted by atomic mass is 16.7. The molecule has 22 heavy (non-hydrogen) atoms. The molecule has 0 radical (unpaired) electrons. The van der Waals surface area contributed by atoms with Gasteiger partial charge in [0.2, 0.25) is 12.7 Å². The summed E-state index contributed by atoms with van der Waals surface area (Å²) in [5.41, 5.74) is 6.91. The number of carbonyl (C=O) groups is 2. The summed E-state index contributed by atoms with van der Waals surface area (Å²) in [6.45, 7) is 3.07. The predicted molar refractivity (Wildman–Crippen MR) is 79.8 cm³/mol. The van der Waals surface area contributed by atoms with Crippen LogP contribution in [-0.2, 0) is 4.79 Å². The number of piperidine rings is 1. The van der Waals surface area contributed by atoms with Crippen molar-refractivity contribution >= 4 is 17.6 Å². The molecular weight excluding hydrogens is 286 g/mol. The first-order valence-electron chi connectivity index (χ1n) is 7.30. The van der Waals surface area contributed by atoms with Gasteiger partial charge in [-0.05, 0) is 31.4 Å². The first-order chi connectivity index (χ1) is 10.5. The lowest BCUT2D eigenvalue weighted by Crippen LogP contribution is -2.45. The van der Waals surface area contributed by atoms with Crippen LogP contribution in [0.3, 0.4) is 0 Å². The van der Waals surface area contributed by atoms with Gasteiger partial charge in [-0.15, -0.1) is 0 Å². The quantitative estimate of drug-likeness (QED) is 0.864. The fourth-order valence-electron chi connectivity index (χ4n) is 2.77. The molecule has 7 nitrogen and oxygen atoms in total. The summed E-state index contributed by atoms with van der Waals surface area (Å²) in [7, 11) is 0. The molecule has 1 aromatic rings. The number of nitrogens with zero attached hydrogens (tertiary/aromatic N) is 1. The molecule has 0 bridgehead atoms. The minimum Gasteiger partial charge on any atom is -0.454 e. The minimum atomic E-state index is -0.350. The van der Waals surface area contributed by atoms with Crippen molar-refractivity contribution in [1.82, 2.24) is 4.90 Å². The van der Waals surface area contributed by atoms with Crippen LogP contribution in [0.1, 0.15) is 18.4 Å². The maximum absolute atomic E-state index is 12.4. The Labute approximate surface area is 128 Å². The van der Waals surface area contributed by atoms with Crippen molar-refractivity contribution in [2.45, 2.75) is 19.8 Å². The zero-order valence-electron chi connectivity index (χ0n) is 12.4. The number of fused-ring (bicyclic) bond motifs is 1. The van der Waals surface area contributed by atoms with E-state index < -0.39 is 0 Å². The van der Waals surface area contributed by atoms with Crippen LogP contribution in [0.5, 0.6) is 11.5 Å². The number of anilines is 1. The number of aryl methyl sites for hydroxylation is 1. The standard InChI is InChI=1S/C15H19N3O4/c1-9-5-12-13(22-8-21-12)6-11(9)17-15(20)18-4-2-3-10(7-18)14(16)19/h5-6,10H,2-4,7-8H2,1H3,(H2,16,19)(H,17,20)/t10-/m1/s1. The Bertz CT molecular complexity index is 617. The second kappa shape index (κ2) is 5.75. The fourth-order valence-corrected chi connectivity index (χ4v) is 2.77. The van der Waals surface area contributed by atoms with Gasteiger partial charge in [-0.1, -0.05) is 0 Å². The number of likely N-dealkylation sites (tertiary alicyclic amines) is 1. The Morgan fingerprint density at radius 1 is 1.32 bits per heavy atom. The van der Waals surface area contributed by atoms with Gasteiger partial charge in [0, 0.05) is 24.8 Å². The average Bonchev–Trinajstić information content (AvgIpc) is 2.94. The van der Waals surface area contributed by atoms with Gasteiger partial charge in [0.15, 0.2) is 11.5 Å². The van der Waals surface area contributed by atoms with E-state index in [0.717, 1.165) is 18.4 Å². The zero-order chi connectivity index (χ0) is 15.7. The molecule has 7 heteroatoms. The minimum absolute atomic E-state index is 0.193. The first kappa shape index (κ1) is 14.5. The molecule has 3 N–H and O–H groups in total. The number of rotatable bonds is 2. The molecule has 2 heterocycles. The zero-order valence-corrected chi connectivity index (χ0v) is 12.4. The van der Waals surface area contributed by atoms with Crippen molar-refractivity contribution in [1.29, 1.82) is 0 Å². The highest BCUT2D eigenvalue weighted by Crippen LogP contribution is 2.36. The normalized spacial score (nSPS) is 19.9. The van der Waals surface area contributed by atoms with Crippen molar-refractivity contribution in [2.24, 2.45) is 11.7 Å². The highest BCUT2D eigenvalue weighted by Gasteiger charge is 2.27. The largest absolute Gasteiger partial charge is 0.454 e. The number of amides is 3. The van der Waals surface area contributed by atoms with E-state index in [1.165, 1.54) is 0 Å². The van der Waals surface area contributed by atoms with Gasteiger partial charge in [-0.25, -0.2) is 4.79 Å². The summed E-state index contributed by atoms with van der Waals surface area (Å²) in [4.78, 5) is 25.3. The number of urea groups is 1. The molecule has 0 aliphatic carbocycles. The van der Waals surface area contributed by atoms with E-state index in [-0.39, 0.29) is 24.6 Å². The third kappa shape index (κ3) is 2.79. The maximum Gasteiger partial charge on any atom is 0.321 e. The van der Waals surface area contributed by atoms with Crippen LogP contribution in [0.15, 0.2) is 12.1 Å². The fraction of sp³-hybridized carbons (Fsp3) is 0.467. The van der Waals surface area contributed by atoms with Gasteiger partial charge in [0.05, 0.1) is 5.92 Å². The van der Waals surface area contributed by atoms with E-state index in [2.05, 4.69) is 5.32 Å². The van der Waals surface area contributed by atoms with E-state index >= 15 is 0 Å². The van der Waals surface area contributed by atoms with Gasteiger partial charge < -0.3 is 25.4 Å². The van der Waals surface area contributed by atoms with Crippen LogP contribution in [0, 0.1) is 12.8 Å². The Morgan fingerprint density at radius 3 is 2.77 bits per heavy atom. The lowest BCUT2D eigenvalue weighted by Gasteiger charge is -2.31. The molecular formula is C15H19N3O4. The monoisotopic (exact) mass is 305 g/mol. The molecule has 2 aliphatic heterocycles. The Morgan fingerprint density at radius 2 is 2.05 bits per heavy atom. The number of nitrogens with one attached hydrogen (secondary N) is 1. The lowest BCUT2D eigenvalue weighted by atomic mass is 9.98. The molecule has 1 aromatic carbocycles. The van der Waals surface area contributed by atoms with Crippen molar-refractivity contribution in [2.75, 3.05) is 25.2 Å². The van der Waals surface area contributed by atoms with Gasteiger partial charge in [0.25, 0.3) is 0 Å². The van der Waals surface area contributed by atoms with Crippen LogP contribution >= 0.6 is 0 Å². The molecule has 0 aromatic heterocycles. The van der Waals surface area contributed by atoms with Crippen LogP contribution in [0.2, 0.25) is 0 Å². The maximum atomic E-state index is 12.4. The summed E-state index contributed by atoms with van der Waals surface area (Å²) >= 11 is 0. The molecule has 118 valence electrons. The van der Waals surface area contributed by atoms with Crippen molar-refractivity contribution in [3.05, 3.63) is 17.7 Å². The van der Waals surface area contributed by atoms with E-state index in [9.17, 15) is 9.59 Å². The second-order valence-corrected chi connectivity index (χ2v) is 5.64. The van der Waals surface area contributed by atoms with Gasteiger partial charge >= 0.3 is 6.03 Å². The molecule has 3 amide bonds. The number of hydrogen-bond donors (Lipinski definition) is 2. The van der Waals surface area contributed by atoms with E-state index in [4.69, 9.17) is 15.2 Å². The Balaban J connectivity index is 1.70. The molecule has 2 aliphatic rings. The van der Waals surface area contributed by atoms with Gasteiger partial charge in [-0.3, -0.25) is 4.79 Å². The summed E-state index contributed by atoms with van der Waals surface area (Å²) in [5.74, 6) is 0.686. The summed E-state index contributed by atoms with van der Waals surface area (Å²) in [6, 6.07) is 3.36. The van der Waals surface area contributed by atoms with Crippen LogP contribution in [0.25, 0.3) is 0 Å². The van der Waals surface area contributed by atoms with E-state index in [0.29, 0.717) is 30.3 Å². The third-order valence-corrected chi connectivity index (χ3v) is 4.07. The SMILES string of the molecule is Cc1cc2c(cc1NC(=O)N1CCC[C@@H](C(N)=O)C1)OCO2. The average molecular weight is 305 g/mol. The topological polar surface area (TPSA) is 93.9 Å². The molecule has 1 atom stereocenters. The summed E-state index contributed by atoms with van der Waals surface area (Å²) < 4.78 is 10.6. The van der Waals surface area contributed by atoms with Crippen LogP contribution in [-0.4, -0.2) is 36.7 Å². The summed E-state index contributed by atoms with van der Waals surface area (Å²) in [6.07, 6.45) is 1.52. The van der Waals surface area contributed by atoms with Crippen LogP contribution in [0.4, 0.5) is 10.5 Å². The predicted octanol–water partition coefficient (Wildman–Crippen LogP) is 1.45. The van der Waals surface area contributed by atoms with Gasteiger partial charge in [-0.2, -0.15) is 0 Å². The lowest BCUT2D eigenvalue weighted by molar-refractivity contribution is -0.123. The number of carbonyl (C=O) groups excluding carboxylic acids is 2. The van der Waals surface area contributed by atoms with E-state index in [1.54, 1.807) is 11.0 Å². The third-order valence-electron chi connectivity index (χ3n) is 4.07. The number of hydrogen-bond acceptors (Lipinski definition) is 4. The molecule has 0 unspecified atom stereocenters. The number of ether oxygens (including phenoxy) is 2. The molecule has 3 rings (SSSR count). The van der Waals surface area contributed by atoms with Gasteiger partial charge in [0.1, 0.15) is 0 Å². The number of primary amides is 1. The van der Waals surface area contributed by atoms with Crippen LogP contribution < -0.4 is 20.5 Å². The molecule has 0 saturated carbocycles.